The highest BCUT2D eigenvalue weighted by molar-refractivity contribution is 7.89. The molecule has 2 heterocycles. The highest BCUT2D eigenvalue weighted by atomic mass is 32.2. The van der Waals surface area contributed by atoms with E-state index in [1.165, 1.54) is 0 Å². The highest BCUT2D eigenvalue weighted by Gasteiger charge is 2.24. The van der Waals surface area contributed by atoms with Crippen molar-refractivity contribution in [1.82, 2.24) is 24.2 Å². The topological polar surface area (TPSA) is 114 Å². The van der Waals surface area contributed by atoms with Crippen LogP contribution in [-0.2, 0) is 16.6 Å². The van der Waals surface area contributed by atoms with E-state index in [9.17, 15) is 8.42 Å². The Hall–Kier alpha value is -4.02. The molecule has 0 spiro atoms. The number of imidazole rings is 1. The van der Waals surface area contributed by atoms with Gasteiger partial charge in [0.05, 0.1) is 16.7 Å². The average molecular weight is 600 g/mol. The molecule has 226 valence electrons. The van der Waals surface area contributed by atoms with E-state index in [0.29, 0.717) is 29.2 Å². The molecule has 1 fully saturated rings. The van der Waals surface area contributed by atoms with Gasteiger partial charge in [-0.25, -0.2) is 23.1 Å². The molecule has 3 N–H and O–H groups in total. The van der Waals surface area contributed by atoms with E-state index in [1.54, 1.807) is 18.3 Å². The molecule has 10 heteroatoms. The van der Waals surface area contributed by atoms with Gasteiger partial charge < -0.3 is 15.2 Å². The largest absolute Gasteiger partial charge is 0.369 e. The Morgan fingerprint density at radius 2 is 1.53 bits per heavy atom. The van der Waals surface area contributed by atoms with Crippen molar-refractivity contribution in [2.24, 2.45) is 11.8 Å². The normalized spacial score (nSPS) is 17.0. The second kappa shape index (κ2) is 14.0. The summed E-state index contributed by atoms with van der Waals surface area (Å²) < 4.78 is 31.2. The first-order chi connectivity index (χ1) is 20.5. The van der Waals surface area contributed by atoms with Gasteiger partial charge in [0.15, 0.2) is 0 Å². The molecule has 9 nitrogen and oxygen atoms in total. The maximum absolute atomic E-state index is 13.1. The molecule has 1 aliphatic rings. The molecule has 6 rings (SSSR count). The molecule has 5 aromatic rings. The van der Waals surface area contributed by atoms with Crippen molar-refractivity contribution < 1.29 is 8.42 Å². The number of nitrogens with zero attached hydrogens (tertiary/aromatic N) is 4. The Bertz CT molecular complexity index is 1730. The number of sulfonamides is 1. The van der Waals surface area contributed by atoms with Crippen molar-refractivity contribution in [2.75, 3.05) is 30.3 Å². The summed E-state index contributed by atoms with van der Waals surface area (Å²) in [6, 6.07) is 21.1. The Labute approximate surface area is 254 Å². The van der Waals surface area contributed by atoms with Crippen LogP contribution in [0.5, 0.6) is 0 Å². The molecule has 0 atom stereocenters. The molecule has 0 unspecified atom stereocenters. The number of anilines is 2. The minimum Gasteiger partial charge on any atom is -0.369 e. The van der Waals surface area contributed by atoms with Crippen LogP contribution in [0.25, 0.3) is 21.7 Å². The third-order valence-electron chi connectivity index (χ3n) is 8.16. The van der Waals surface area contributed by atoms with Crippen LogP contribution in [0.15, 0.2) is 90.3 Å². The van der Waals surface area contributed by atoms with Gasteiger partial charge in [-0.15, -0.1) is 0 Å². The quantitative estimate of drug-likeness (QED) is 0.144. The van der Waals surface area contributed by atoms with Crippen molar-refractivity contribution in [3.8, 4) is 0 Å². The second-order valence-electron chi connectivity index (χ2n) is 11.1. The molecule has 43 heavy (non-hydrogen) atoms. The Kier molecular flexibility index (Phi) is 9.89. The third-order valence-corrected chi connectivity index (χ3v) is 9.65. The van der Waals surface area contributed by atoms with Gasteiger partial charge in [-0.1, -0.05) is 56.0 Å². The zero-order chi connectivity index (χ0) is 28.8. The fourth-order valence-corrected chi connectivity index (χ4v) is 7.13. The molecule has 0 saturated heterocycles. The summed E-state index contributed by atoms with van der Waals surface area (Å²) in [4.78, 5) is 14.0. The number of fused-ring (bicyclic) bond motifs is 2. The van der Waals surface area contributed by atoms with Crippen LogP contribution in [0.3, 0.4) is 0 Å². The zero-order valence-corrected chi connectivity index (χ0v) is 24.4. The number of aryl methyl sites for hydroxylation is 1. The van der Waals surface area contributed by atoms with E-state index in [-0.39, 0.29) is 7.43 Å². The smallest absolute Gasteiger partial charge is 0.241 e. The monoisotopic (exact) mass is 599 g/mol. The summed E-state index contributed by atoms with van der Waals surface area (Å²) in [6.07, 6.45) is 10.6. The summed E-state index contributed by atoms with van der Waals surface area (Å²) in [6.45, 7) is 2.96. The standard InChI is InChI=1S/C32H37N7O2S.CH4/c40-42(41,30-12-5-8-26-7-1-2-9-27(26)30)36-22-25-15-13-24(14-16-25)21-35-32-37-29-11-4-3-10-28(29)31(38-32)34-17-6-19-39-20-18-33-23-39;/h1-5,7-12,18,20,23-25,36H,6,13-17,19,21-22H2,(H2,34,35,37,38);1H4. The van der Waals surface area contributed by atoms with Gasteiger partial charge in [-0.05, 0) is 67.5 Å². The molecule has 0 aliphatic heterocycles. The molecule has 1 aliphatic carbocycles. The maximum atomic E-state index is 13.1. The second-order valence-corrected chi connectivity index (χ2v) is 12.8. The van der Waals surface area contributed by atoms with Gasteiger partial charge in [-0.2, -0.15) is 4.98 Å². The van der Waals surface area contributed by atoms with Crippen LogP contribution in [0.4, 0.5) is 11.8 Å². The summed E-state index contributed by atoms with van der Waals surface area (Å²) in [5.74, 6) is 2.31. The van der Waals surface area contributed by atoms with E-state index in [1.807, 2.05) is 67.1 Å². The fraction of sp³-hybridized carbons (Fsp3) is 0.364. The number of hydrogen-bond acceptors (Lipinski definition) is 7. The van der Waals surface area contributed by atoms with E-state index >= 15 is 0 Å². The first kappa shape index (κ1) is 30.4. The molecule has 0 amide bonds. The number of benzene rings is 3. The number of hydrogen-bond donors (Lipinski definition) is 3. The number of para-hydroxylation sites is 1. The van der Waals surface area contributed by atoms with Crippen LogP contribution < -0.4 is 15.4 Å². The molecular formula is C33H41N7O2S. The van der Waals surface area contributed by atoms with Gasteiger partial charge in [0.1, 0.15) is 5.82 Å². The van der Waals surface area contributed by atoms with Crippen molar-refractivity contribution in [3.05, 3.63) is 85.5 Å². The van der Waals surface area contributed by atoms with Crippen molar-refractivity contribution in [3.63, 3.8) is 0 Å². The minimum atomic E-state index is -3.58. The summed E-state index contributed by atoms with van der Waals surface area (Å²) in [5, 5.41) is 9.68. The van der Waals surface area contributed by atoms with Crippen LogP contribution in [0, 0.1) is 11.8 Å². The lowest BCUT2D eigenvalue weighted by atomic mass is 9.82. The highest BCUT2D eigenvalue weighted by Crippen LogP contribution is 2.30. The lowest BCUT2D eigenvalue weighted by molar-refractivity contribution is 0.284. The van der Waals surface area contributed by atoms with Crippen LogP contribution in [0.1, 0.15) is 39.5 Å². The lowest BCUT2D eigenvalue weighted by Gasteiger charge is -2.28. The Balaban J connectivity index is 0.00000368. The van der Waals surface area contributed by atoms with E-state index in [0.717, 1.165) is 79.2 Å². The van der Waals surface area contributed by atoms with E-state index < -0.39 is 10.0 Å². The fourth-order valence-electron chi connectivity index (χ4n) is 5.79. The number of rotatable bonds is 12. The van der Waals surface area contributed by atoms with E-state index in [2.05, 4.69) is 24.9 Å². The molecule has 3 aromatic carbocycles. The van der Waals surface area contributed by atoms with Gasteiger partial charge in [0.25, 0.3) is 0 Å². The molecule has 1 saturated carbocycles. The van der Waals surface area contributed by atoms with Crippen LogP contribution in [-0.4, -0.2) is 47.6 Å². The minimum absolute atomic E-state index is 0. The lowest BCUT2D eigenvalue weighted by Crippen LogP contribution is -2.32. The zero-order valence-electron chi connectivity index (χ0n) is 23.6. The van der Waals surface area contributed by atoms with E-state index in [4.69, 9.17) is 9.97 Å². The molecule has 0 radical (unpaired) electrons. The summed E-state index contributed by atoms with van der Waals surface area (Å²) in [7, 11) is -3.58. The molecular weight excluding hydrogens is 558 g/mol. The van der Waals surface area contributed by atoms with Crippen LogP contribution in [0.2, 0.25) is 0 Å². The third kappa shape index (κ3) is 7.50. The number of aromatic nitrogens is 4. The molecule has 2 aromatic heterocycles. The van der Waals surface area contributed by atoms with Crippen LogP contribution >= 0.6 is 0 Å². The van der Waals surface area contributed by atoms with Crippen molar-refractivity contribution in [1.29, 1.82) is 0 Å². The van der Waals surface area contributed by atoms with Crippen molar-refractivity contribution in [2.45, 2.75) is 51.0 Å². The predicted octanol–water partition coefficient (Wildman–Crippen LogP) is 6.31. The van der Waals surface area contributed by atoms with Gasteiger partial charge in [-0.3, -0.25) is 0 Å². The van der Waals surface area contributed by atoms with Gasteiger partial charge >= 0.3 is 0 Å². The predicted molar refractivity (Wildman–Crippen MR) is 175 cm³/mol. The number of nitrogens with one attached hydrogen (secondary N) is 3. The SMILES string of the molecule is C.O=S(=O)(NCC1CCC(CNc2nc(NCCCn3ccnc3)c3ccccc3n2)CC1)c1cccc2ccccc12. The maximum Gasteiger partial charge on any atom is 0.241 e. The average Bonchev–Trinajstić information content (AvgIpc) is 3.55. The Morgan fingerprint density at radius 3 is 2.33 bits per heavy atom. The summed E-state index contributed by atoms with van der Waals surface area (Å²) >= 11 is 0. The van der Waals surface area contributed by atoms with Crippen molar-refractivity contribution >= 4 is 43.5 Å². The molecule has 0 bridgehead atoms. The summed E-state index contributed by atoms with van der Waals surface area (Å²) in [5.41, 5.74) is 0.911. The first-order valence-corrected chi connectivity index (χ1v) is 16.2. The first-order valence-electron chi connectivity index (χ1n) is 14.7. The van der Waals surface area contributed by atoms with Gasteiger partial charge in [0.2, 0.25) is 16.0 Å². The van der Waals surface area contributed by atoms with Gasteiger partial charge in [0, 0.05) is 49.3 Å². The Morgan fingerprint density at radius 1 is 0.814 bits per heavy atom.